The lowest BCUT2D eigenvalue weighted by molar-refractivity contribution is -0.870. The third-order valence-electron chi connectivity index (χ3n) is 8.50. The van der Waals surface area contributed by atoms with Gasteiger partial charge in [0.2, 0.25) is 0 Å². The van der Waals surface area contributed by atoms with E-state index in [4.69, 9.17) is 18.5 Å². The molecule has 0 heterocycles. The highest BCUT2D eigenvalue weighted by Crippen LogP contribution is 2.43. The summed E-state index contributed by atoms with van der Waals surface area (Å²) in [5.74, 6) is -1.17. The maximum Gasteiger partial charge on any atom is 0.472 e. The van der Waals surface area contributed by atoms with Crippen LogP contribution in [0.1, 0.15) is 149 Å². The minimum Gasteiger partial charge on any atom is -0.462 e. The first-order valence-electron chi connectivity index (χ1n) is 21.0. The first-order valence-corrected chi connectivity index (χ1v) is 22.5. The third kappa shape index (κ3) is 39.4. The van der Waals surface area contributed by atoms with Gasteiger partial charge >= 0.3 is 19.8 Å². The highest BCUT2D eigenvalue weighted by molar-refractivity contribution is 7.47. The normalized spacial score (nSPS) is 14.1. The van der Waals surface area contributed by atoms with Crippen LogP contribution >= 0.6 is 7.82 Å². The van der Waals surface area contributed by atoms with Crippen molar-refractivity contribution in [2.45, 2.75) is 155 Å². The summed E-state index contributed by atoms with van der Waals surface area (Å²) in [4.78, 5) is 47.5. The number of allylic oxidation sites excluding steroid dienone is 10. The highest BCUT2D eigenvalue weighted by atomic mass is 31.2. The van der Waals surface area contributed by atoms with Crippen LogP contribution in [-0.2, 0) is 37.5 Å². The molecule has 55 heavy (non-hydrogen) atoms. The predicted octanol–water partition coefficient (Wildman–Crippen LogP) is 10.9. The second kappa shape index (κ2) is 35.8. The van der Waals surface area contributed by atoms with Crippen LogP contribution in [-0.4, -0.2) is 80.7 Å². The Morgan fingerprint density at radius 3 is 1.84 bits per heavy atom. The average molecular weight is 795 g/mol. The third-order valence-corrected chi connectivity index (χ3v) is 9.48. The van der Waals surface area contributed by atoms with Crippen molar-refractivity contribution in [3.05, 3.63) is 60.8 Å². The summed E-state index contributed by atoms with van der Waals surface area (Å²) in [7, 11) is 1.34. The average Bonchev–Trinajstić information content (AvgIpc) is 3.12. The van der Waals surface area contributed by atoms with Gasteiger partial charge in [0.1, 0.15) is 19.8 Å². The lowest BCUT2D eigenvalue weighted by atomic mass is 10.1. The number of phosphoric acid groups is 1. The van der Waals surface area contributed by atoms with Gasteiger partial charge in [0, 0.05) is 19.3 Å². The Bertz CT molecular complexity index is 1190. The smallest absolute Gasteiger partial charge is 0.462 e. The van der Waals surface area contributed by atoms with Crippen LogP contribution in [0.5, 0.6) is 0 Å². The molecule has 0 aromatic heterocycles. The Labute approximate surface area is 334 Å². The second-order valence-electron chi connectivity index (χ2n) is 15.1. The standard InChI is InChI=1S/C44H76NO9P/c1-6-8-10-12-14-16-18-20-22-24-26-28-30-33-41(46)34-32-36-43(47)51-39-42(40-53-55(49,50)52-38-37-45(3,4)5)54-44(48)35-31-29-27-25-23-21-19-17-15-13-11-9-7-2/h14,16-17,19-20,22,26,28,30,33,42H,6-13,15,18,21,23-25,27,29,31-32,34-40H2,1-5H3/p+1/b16-14-,19-17-,22-20-,28-26-,33-30+/t42-/m1/s1. The maximum absolute atomic E-state index is 12.6. The SMILES string of the molecule is CCCCC/C=C\C/C=C\C/C=C\C=C\C(=O)CCCC(=O)OC[C@H](COP(=O)(O)OCC[N+](C)(C)C)OC(=O)CCCCCCC/C=C\CCCCCC. The molecule has 0 rings (SSSR count). The van der Waals surface area contributed by atoms with Crippen LogP contribution in [0.15, 0.2) is 60.8 Å². The van der Waals surface area contributed by atoms with E-state index in [9.17, 15) is 23.8 Å². The van der Waals surface area contributed by atoms with Crippen molar-refractivity contribution in [3.8, 4) is 0 Å². The molecule has 11 heteroatoms. The minimum atomic E-state index is -4.43. The molecule has 0 saturated heterocycles. The number of quaternary nitrogens is 1. The zero-order chi connectivity index (χ0) is 40.9. The van der Waals surface area contributed by atoms with Crippen molar-refractivity contribution < 1.29 is 46.8 Å². The van der Waals surface area contributed by atoms with E-state index >= 15 is 0 Å². The number of carbonyl (C=O) groups is 3. The number of hydrogen-bond acceptors (Lipinski definition) is 8. The second-order valence-corrected chi connectivity index (χ2v) is 16.5. The van der Waals surface area contributed by atoms with E-state index in [1.54, 1.807) is 6.08 Å². The Morgan fingerprint density at radius 2 is 1.16 bits per heavy atom. The van der Waals surface area contributed by atoms with Gasteiger partial charge in [-0.1, -0.05) is 120 Å². The van der Waals surface area contributed by atoms with Gasteiger partial charge in [-0.25, -0.2) is 4.57 Å². The first kappa shape index (κ1) is 52.4. The molecule has 0 saturated carbocycles. The fraction of sp³-hybridized carbons (Fsp3) is 0.705. The van der Waals surface area contributed by atoms with Crippen LogP contribution in [0.25, 0.3) is 0 Å². The molecule has 0 aliphatic carbocycles. The fourth-order valence-electron chi connectivity index (χ4n) is 5.14. The number of esters is 2. The summed E-state index contributed by atoms with van der Waals surface area (Å²) in [6.07, 6.45) is 38.5. The van der Waals surface area contributed by atoms with Crippen molar-refractivity contribution in [3.63, 3.8) is 0 Å². The highest BCUT2D eigenvalue weighted by Gasteiger charge is 2.27. The Kier molecular flexibility index (Phi) is 34.1. The molecule has 1 unspecified atom stereocenters. The van der Waals surface area contributed by atoms with Gasteiger partial charge in [0.05, 0.1) is 27.7 Å². The van der Waals surface area contributed by atoms with Gasteiger partial charge in [-0.05, 0) is 70.3 Å². The summed E-state index contributed by atoms with van der Waals surface area (Å²) in [6, 6.07) is 0. The largest absolute Gasteiger partial charge is 0.472 e. The quantitative estimate of drug-likeness (QED) is 0.0124. The summed E-state index contributed by atoms with van der Waals surface area (Å²) in [5.41, 5.74) is 0. The molecule has 0 amide bonds. The molecule has 0 spiro atoms. The number of hydrogen-bond donors (Lipinski definition) is 1. The van der Waals surface area contributed by atoms with E-state index < -0.39 is 32.5 Å². The van der Waals surface area contributed by atoms with Crippen LogP contribution in [0.2, 0.25) is 0 Å². The van der Waals surface area contributed by atoms with Crippen LogP contribution in [0, 0.1) is 0 Å². The summed E-state index contributed by atoms with van der Waals surface area (Å²) in [6.45, 7) is 4.06. The molecule has 0 aliphatic rings. The molecular formula is C44H77NO9P+. The van der Waals surface area contributed by atoms with E-state index in [2.05, 4.69) is 50.3 Å². The first-order chi connectivity index (χ1) is 26.4. The van der Waals surface area contributed by atoms with E-state index in [1.165, 1.54) is 51.0 Å². The number of rotatable bonds is 37. The van der Waals surface area contributed by atoms with Crippen molar-refractivity contribution >= 4 is 25.5 Å². The monoisotopic (exact) mass is 795 g/mol. The topological polar surface area (TPSA) is 125 Å². The van der Waals surface area contributed by atoms with Crippen molar-refractivity contribution in [1.29, 1.82) is 0 Å². The summed E-state index contributed by atoms with van der Waals surface area (Å²) < 4.78 is 34.0. The Hall–Kier alpha value is -2.62. The van der Waals surface area contributed by atoms with Crippen molar-refractivity contribution in [1.82, 2.24) is 0 Å². The van der Waals surface area contributed by atoms with Crippen LogP contribution in [0.4, 0.5) is 0 Å². The molecule has 10 nitrogen and oxygen atoms in total. The lowest BCUT2D eigenvalue weighted by Gasteiger charge is -2.24. The molecule has 0 fully saturated rings. The number of ketones is 1. The predicted molar refractivity (Wildman–Crippen MR) is 224 cm³/mol. The number of ether oxygens (including phenoxy) is 2. The molecular weight excluding hydrogens is 717 g/mol. The van der Waals surface area contributed by atoms with Crippen molar-refractivity contribution in [2.24, 2.45) is 0 Å². The van der Waals surface area contributed by atoms with E-state index in [1.807, 2.05) is 33.3 Å². The van der Waals surface area contributed by atoms with Crippen molar-refractivity contribution in [2.75, 3.05) is 47.5 Å². The number of nitrogens with zero attached hydrogens (tertiary/aromatic N) is 1. The number of unbranched alkanes of at least 4 members (excludes halogenated alkanes) is 12. The van der Waals surface area contributed by atoms with Gasteiger partial charge in [-0.2, -0.15) is 0 Å². The molecule has 0 aliphatic heterocycles. The molecule has 0 aromatic carbocycles. The lowest BCUT2D eigenvalue weighted by Crippen LogP contribution is -2.37. The maximum atomic E-state index is 12.6. The summed E-state index contributed by atoms with van der Waals surface area (Å²) in [5, 5.41) is 0. The number of carbonyl (C=O) groups excluding carboxylic acids is 3. The van der Waals surface area contributed by atoms with E-state index in [-0.39, 0.29) is 38.3 Å². The molecule has 0 radical (unpaired) electrons. The van der Waals surface area contributed by atoms with Gasteiger partial charge in [-0.15, -0.1) is 0 Å². The van der Waals surface area contributed by atoms with E-state index in [0.717, 1.165) is 57.8 Å². The molecule has 2 atom stereocenters. The Morgan fingerprint density at radius 1 is 0.618 bits per heavy atom. The van der Waals surface area contributed by atoms with Crippen LogP contribution < -0.4 is 0 Å². The zero-order valence-corrected chi connectivity index (χ0v) is 36.0. The van der Waals surface area contributed by atoms with Gasteiger partial charge < -0.3 is 18.9 Å². The van der Waals surface area contributed by atoms with Gasteiger partial charge in [-0.3, -0.25) is 23.4 Å². The molecule has 0 bridgehead atoms. The van der Waals surface area contributed by atoms with E-state index in [0.29, 0.717) is 23.9 Å². The fourth-order valence-corrected chi connectivity index (χ4v) is 5.88. The van der Waals surface area contributed by atoms with Gasteiger partial charge in [0.25, 0.3) is 0 Å². The zero-order valence-electron chi connectivity index (χ0n) is 35.1. The minimum absolute atomic E-state index is 0.00377. The Balaban J connectivity index is 4.61. The van der Waals surface area contributed by atoms with Gasteiger partial charge in [0.15, 0.2) is 11.9 Å². The molecule has 316 valence electrons. The number of likely N-dealkylation sites (N-methyl/N-ethyl adjacent to an activating group) is 1. The molecule has 0 aromatic rings. The molecule has 1 N–H and O–H groups in total. The number of phosphoric ester groups is 1. The van der Waals surface area contributed by atoms with Crippen LogP contribution in [0.3, 0.4) is 0 Å². The summed E-state index contributed by atoms with van der Waals surface area (Å²) >= 11 is 0.